The molecule has 0 fully saturated rings. The molecular weight excluding hydrogens is 348 g/mol. The number of amides is 1. The number of aryl methyl sites for hydroxylation is 1. The molecule has 0 aliphatic rings. The summed E-state index contributed by atoms with van der Waals surface area (Å²) in [6.45, 7) is 1.80. The van der Waals surface area contributed by atoms with E-state index in [4.69, 9.17) is 11.6 Å². The number of nitro groups is 1. The van der Waals surface area contributed by atoms with Crippen LogP contribution in [0.25, 0.3) is 10.9 Å². The van der Waals surface area contributed by atoms with Gasteiger partial charge in [-0.15, -0.1) is 10.2 Å². The highest BCUT2D eigenvalue weighted by Gasteiger charge is 2.15. The number of hydrogen-bond donors (Lipinski definition) is 2. The van der Waals surface area contributed by atoms with Crippen LogP contribution in [-0.2, 0) is 0 Å². The van der Waals surface area contributed by atoms with Gasteiger partial charge in [-0.2, -0.15) is 0 Å². The Labute approximate surface area is 145 Å². The van der Waals surface area contributed by atoms with E-state index in [1.165, 1.54) is 24.3 Å². The minimum atomic E-state index is -0.652. The van der Waals surface area contributed by atoms with E-state index in [0.29, 0.717) is 10.5 Å². The number of non-ortho nitro benzene ring substituents is 1. The fourth-order valence-electron chi connectivity index (χ4n) is 2.25. The maximum absolute atomic E-state index is 12.1. The number of nitro benzene ring substituents is 1. The van der Waals surface area contributed by atoms with Gasteiger partial charge in [0.1, 0.15) is 0 Å². The van der Waals surface area contributed by atoms with Crippen LogP contribution in [0.3, 0.4) is 0 Å². The van der Waals surface area contributed by atoms with Crippen molar-refractivity contribution in [3.63, 3.8) is 0 Å². The summed E-state index contributed by atoms with van der Waals surface area (Å²) in [5.74, 6) is -0.991. The molecule has 0 unspecified atom stereocenters. The van der Waals surface area contributed by atoms with Gasteiger partial charge in [0.25, 0.3) is 11.6 Å². The van der Waals surface area contributed by atoms with E-state index in [1.807, 2.05) is 0 Å². The summed E-state index contributed by atoms with van der Waals surface area (Å²) < 4.78 is 0. The molecule has 0 saturated carbocycles. The third kappa shape index (κ3) is 3.20. The molecule has 1 heterocycles. The molecule has 0 aliphatic carbocycles. The van der Waals surface area contributed by atoms with Gasteiger partial charge in [-0.3, -0.25) is 14.9 Å². The first kappa shape index (κ1) is 16.6. The number of nitrogens with zero attached hydrogens (tertiary/aromatic N) is 3. The third-order valence-corrected chi connectivity index (χ3v) is 4.01. The summed E-state index contributed by atoms with van der Waals surface area (Å²) in [4.78, 5) is 25.0. The van der Waals surface area contributed by atoms with Crippen molar-refractivity contribution in [1.29, 1.82) is 0 Å². The van der Waals surface area contributed by atoms with E-state index in [1.54, 1.807) is 19.1 Å². The summed E-state index contributed by atoms with van der Waals surface area (Å²) in [6.07, 6.45) is 0. The highest BCUT2D eigenvalue weighted by atomic mass is 35.5. The molecule has 8 nitrogen and oxygen atoms in total. The molecule has 0 spiro atoms. The van der Waals surface area contributed by atoms with Crippen molar-refractivity contribution in [3.05, 3.63) is 62.7 Å². The van der Waals surface area contributed by atoms with E-state index in [2.05, 4.69) is 15.2 Å². The smallest absolute Gasteiger partial charge is 0.295 e. The lowest BCUT2D eigenvalue weighted by Gasteiger charge is -1.99. The second-order valence-corrected chi connectivity index (χ2v) is 5.69. The minimum absolute atomic E-state index is 0.0507. The average Bonchev–Trinajstić information content (AvgIpc) is 2.89. The van der Waals surface area contributed by atoms with Crippen LogP contribution in [0.1, 0.15) is 15.9 Å². The van der Waals surface area contributed by atoms with Crippen LogP contribution in [0.4, 0.5) is 11.4 Å². The van der Waals surface area contributed by atoms with Crippen molar-refractivity contribution in [2.75, 3.05) is 0 Å². The van der Waals surface area contributed by atoms with E-state index in [-0.39, 0.29) is 28.2 Å². The highest BCUT2D eigenvalue weighted by Crippen LogP contribution is 2.37. The molecule has 0 atom stereocenters. The van der Waals surface area contributed by atoms with E-state index < -0.39 is 10.8 Å². The number of halogens is 1. The predicted octanol–water partition coefficient (Wildman–Crippen LogP) is 4.67. The van der Waals surface area contributed by atoms with Crippen LogP contribution in [0.15, 0.2) is 46.6 Å². The zero-order chi connectivity index (χ0) is 18.1. The molecular formula is C16H11ClN4O4. The molecule has 9 heteroatoms. The van der Waals surface area contributed by atoms with Gasteiger partial charge in [0.2, 0.25) is 5.88 Å². The Morgan fingerprint density at radius 2 is 2.04 bits per heavy atom. The lowest BCUT2D eigenvalue weighted by molar-refractivity contribution is -0.384. The SMILES string of the molecule is Cc1ccc(C(=O)N=Nc2c(O)[nH]c3ccc([N+](=O)[O-])cc23)cc1Cl. The average molecular weight is 359 g/mol. The Balaban J connectivity index is 1.98. The molecule has 0 radical (unpaired) electrons. The van der Waals surface area contributed by atoms with Gasteiger partial charge in [-0.25, -0.2) is 0 Å². The highest BCUT2D eigenvalue weighted by molar-refractivity contribution is 6.31. The second-order valence-electron chi connectivity index (χ2n) is 5.28. The first-order valence-corrected chi connectivity index (χ1v) is 7.46. The van der Waals surface area contributed by atoms with Gasteiger partial charge in [0, 0.05) is 28.1 Å². The number of nitrogens with one attached hydrogen (secondary N) is 1. The Hall–Kier alpha value is -3.26. The molecule has 1 aromatic heterocycles. The maximum Gasteiger partial charge on any atom is 0.295 e. The molecule has 1 amide bonds. The summed E-state index contributed by atoms with van der Waals surface area (Å²) in [5.41, 5.74) is 1.27. The zero-order valence-electron chi connectivity index (χ0n) is 12.9. The van der Waals surface area contributed by atoms with Crippen molar-refractivity contribution in [2.24, 2.45) is 10.2 Å². The quantitative estimate of drug-likeness (QED) is 0.401. The fourth-order valence-corrected chi connectivity index (χ4v) is 2.43. The number of azo groups is 1. The second kappa shape index (κ2) is 6.33. The predicted molar refractivity (Wildman–Crippen MR) is 91.7 cm³/mol. The number of carbonyl (C=O) groups is 1. The number of rotatable bonds is 3. The van der Waals surface area contributed by atoms with Crippen molar-refractivity contribution in [2.45, 2.75) is 6.92 Å². The zero-order valence-corrected chi connectivity index (χ0v) is 13.6. The van der Waals surface area contributed by atoms with Crippen LogP contribution in [-0.4, -0.2) is 20.9 Å². The maximum atomic E-state index is 12.1. The number of H-pyrrole nitrogens is 1. The summed E-state index contributed by atoms with van der Waals surface area (Å²) in [6, 6.07) is 8.68. The number of aromatic amines is 1. The van der Waals surface area contributed by atoms with Gasteiger partial charge < -0.3 is 10.1 Å². The number of hydrogen-bond acceptors (Lipinski definition) is 5. The molecule has 2 N–H and O–H groups in total. The first-order valence-electron chi connectivity index (χ1n) is 7.08. The topological polar surface area (TPSA) is 121 Å². The Kier molecular flexibility index (Phi) is 4.20. The number of fused-ring (bicyclic) bond motifs is 1. The van der Waals surface area contributed by atoms with Crippen molar-refractivity contribution < 1.29 is 14.8 Å². The largest absolute Gasteiger partial charge is 0.493 e. The standard InChI is InChI=1S/C16H11ClN4O4/c1-8-2-3-9(6-12(8)17)15(22)20-19-14-11-7-10(21(24)25)4-5-13(11)18-16(14)23/h2-7,18,23H,1H3. The first-order chi connectivity index (χ1) is 11.9. The van der Waals surface area contributed by atoms with E-state index >= 15 is 0 Å². The molecule has 3 rings (SSSR count). The van der Waals surface area contributed by atoms with Crippen LogP contribution in [0, 0.1) is 17.0 Å². The molecule has 0 saturated heterocycles. The van der Waals surface area contributed by atoms with Crippen LogP contribution in [0.2, 0.25) is 5.02 Å². The number of benzene rings is 2. The van der Waals surface area contributed by atoms with E-state index in [0.717, 1.165) is 5.56 Å². The number of aromatic nitrogens is 1. The Morgan fingerprint density at radius 1 is 1.28 bits per heavy atom. The normalized spacial score (nSPS) is 11.3. The van der Waals surface area contributed by atoms with Crippen LogP contribution < -0.4 is 0 Å². The lowest BCUT2D eigenvalue weighted by atomic mass is 10.1. The minimum Gasteiger partial charge on any atom is -0.493 e. The molecule has 3 aromatic rings. The molecule has 126 valence electrons. The summed E-state index contributed by atoms with van der Waals surface area (Å²) in [5, 5.41) is 28.8. The summed E-state index contributed by atoms with van der Waals surface area (Å²) >= 11 is 5.97. The summed E-state index contributed by atoms with van der Waals surface area (Å²) in [7, 11) is 0. The van der Waals surface area contributed by atoms with Crippen LogP contribution >= 0.6 is 11.6 Å². The molecule has 2 aromatic carbocycles. The van der Waals surface area contributed by atoms with Gasteiger partial charge in [0.05, 0.1) is 10.4 Å². The number of carbonyl (C=O) groups excluding carboxylic acids is 1. The van der Waals surface area contributed by atoms with Crippen LogP contribution in [0.5, 0.6) is 5.88 Å². The Morgan fingerprint density at radius 3 is 2.72 bits per heavy atom. The third-order valence-electron chi connectivity index (χ3n) is 3.61. The molecule has 0 bridgehead atoms. The van der Waals surface area contributed by atoms with Gasteiger partial charge in [0.15, 0.2) is 5.69 Å². The van der Waals surface area contributed by atoms with E-state index in [9.17, 15) is 20.0 Å². The number of aromatic hydroxyl groups is 1. The van der Waals surface area contributed by atoms with Gasteiger partial charge >= 0.3 is 0 Å². The van der Waals surface area contributed by atoms with Gasteiger partial charge in [-0.1, -0.05) is 17.7 Å². The van der Waals surface area contributed by atoms with Gasteiger partial charge in [-0.05, 0) is 30.7 Å². The van der Waals surface area contributed by atoms with Crippen molar-refractivity contribution in [3.8, 4) is 5.88 Å². The monoisotopic (exact) mass is 358 g/mol. The van der Waals surface area contributed by atoms with Crippen molar-refractivity contribution >= 4 is 39.8 Å². The van der Waals surface area contributed by atoms with Crippen molar-refractivity contribution in [1.82, 2.24) is 4.98 Å². The lowest BCUT2D eigenvalue weighted by Crippen LogP contribution is -1.94. The molecule has 25 heavy (non-hydrogen) atoms. The molecule has 0 aliphatic heterocycles. The Bertz CT molecular complexity index is 1040. The fraction of sp³-hybridized carbons (Fsp3) is 0.0625.